The van der Waals surface area contributed by atoms with Gasteiger partial charge in [-0.15, -0.1) is 0 Å². The number of benzene rings is 2. The van der Waals surface area contributed by atoms with Crippen LogP contribution in [0, 0.1) is 0 Å². The number of aromatic amines is 1. The van der Waals surface area contributed by atoms with Gasteiger partial charge in [0, 0.05) is 24.3 Å². The summed E-state index contributed by atoms with van der Waals surface area (Å²) in [6.45, 7) is 2.12. The molecule has 1 aliphatic rings. The minimum atomic E-state index is -0.230. The second-order valence-electron chi connectivity index (χ2n) is 8.12. The quantitative estimate of drug-likeness (QED) is 0.497. The number of hydrogen-bond acceptors (Lipinski definition) is 6. The first-order valence-corrected chi connectivity index (χ1v) is 10.8. The largest absolute Gasteiger partial charge is 0.490 e. The molecule has 3 heterocycles. The van der Waals surface area contributed by atoms with E-state index in [2.05, 4.69) is 27.2 Å². The molecule has 4 aromatic rings. The number of nitrogens with one attached hydrogen (secondary N) is 2. The number of piperidine rings is 1. The van der Waals surface area contributed by atoms with E-state index in [0.717, 1.165) is 48.6 Å². The average molecular weight is 428 g/mol. The maximum absolute atomic E-state index is 12.5. The van der Waals surface area contributed by atoms with E-state index in [0.29, 0.717) is 16.7 Å². The summed E-state index contributed by atoms with van der Waals surface area (Å²) in [5.74, 6) is 1.32. The summed E-state index contributed by atoms with van der Waals surface area (Å²) < 4.78 is 6.14. The van der Waals surface area contributed by atoms with Crippen LogP contribution in [-0.4, -0.2) is 46.1 Å². The van der Waals surface area contributed by atoms with E-state index in [1.807, 2.05) is 60.7 Å². The minimum absolute atomic E-state index is 0.230. The molecule has 0 saturated carbocycles. The lowest BCUT2D eigenvalue weighted by molar-refractivity contribution is 0.114. The molecule has 7 nitrogen and oxygen atoms in total. The Balaban J connectivity index is 1.42. The fourth-order valence-electron chi connectivity index (χ4n) is 3.99. The average Bonchev–Trinajstić information content (AvgIpc) is 2.82. The van der Waals surface area contributed by atoms with Crippen molar-refractivity contribution >= 4 is 22.4 Å². The highest BCUT2D eigenvalue weighted by molar-refractivity contribution is 5.92. The Kier molecular flexibility index (Phi) is 5.56. The van der Waals surface area contributed by atoms with Gasteiger partial charge in [0.25, 0.3) is 5.56 Å². The van der Waals surface area contributed by atoms with E-state index >= 15 is 0 Å². The van der Waals surface area contributed by atoms with Crippen molar-refractivity contribution in [2.24, 2.45) is 0 Å². The maximum atomic E-state index is 12.5. The van der Waals surface area contributed by atoms with Crippen LogP contribution >= 0.6 is 0 Å². The highest BCUT2D eigenvalue weighted by Crippen LogP contribution is 2.28. The fourth-order valence-corrected chi connectivity index (χ4v) is 3.99. The zero-order valence-corrected chi connectivity index (χ0v) is 17.9. The van der Waals surface area contributed by atoms with Crippen molar-refractivity contribution < 1.29 is 4.74 Å². The van der Waals surface area contributed by atoms with Gasteiger partial charge in [0.1, 0.15) is 23.1 Å². The van der Waals surface area contributed by atoms with E-state index in [9.17, 15) is 4.79 Å². The smallest absolute Gasteiger partial charge is 0.262 e. The van der Waals surface area contributed by atoms with Crippen molar-refractivity contribution in [1.29, 1.82) is 0 Å². The molecule has 0 unspecified atom stereocenters. The number of aromatic nitrogens is 3. The van der Waals surface area contributed by atoms with Crippen LogP contribution in [0.2, 0.25) is 0 Å². The second kappa shape index (κ2) is 8.80. The molecule has 2 N–H and O–H groups in total. The van der Waals surface area contributed by atoms with Crippen LogP contribution in [0.15, 0.2) is 71.8 Å². The van der Waals surface area contributed by atoms with E-state index in [-0.39, 0.29) is 11.7 Å². The van der Waals surface area contributed by atoms with Gasteiger partial charge in [0.15, 0.2) is 0 Å². The molecule has 5 rings (SSSR count). The van der Waals surface area contributed by atoms with Crippen molar-refractivity contribution in [1.82, 2.24) is 19.9 Å². The second-order valence-corrected chi connectivity index (χ2v) is 8.12. The maximum Gasteiger partial charge on any atom is 0.262 e. The summed E-state index contributed by atoms with van der Waals surface area (Å²) in [6, 6.07) is 19.5. The molecule has 0 radical (unpaired) electrons. The van der Waals surface area contributed by atoms with Crippen LogP contribution in [0.5, 0.6) is 5.75 Å². The molecular formula is C25H25N5O2. The summed E-state index contributed by atoms with van der Waals surface area (Å²) in [5, 5.41) is 3.73. The first-order chi connectivity index (χ1) is 15.7. The number of likely N-dealkylation sites (tertiary alicyclic amines) is 1. The van der Waals surface area contributed by atoms with Crippen molar-refractivity contribution in [3.63, 3.8) is 0 Å². The number of H-pyrrole nitrogens is 1. The normalized spacial score (nSPS) is 15.0. The van der Waals surface area contributed by atoms with Gasteiger partial charge in [0.2, 0.25) is 0 Å². The summed E-state index contributed by atoms with van der Waals surface area (Å²) in [4.78, 5) is 26.6. The zero-order chi connectivity index (χ0) is 21.9. The van der Waals surface area contributed by atoms with Gasteiger partial charge < -0.3 is 19.9 Å². The number of nitrogens with zero attached hydrogens (tertiary/aromatic N) is 3. The van der Waals surface area contributed by atoms with Gasteiger partial charge in [-0.25, -0.2) is 9.97 Å². The lowest BCUT2D eigenvalue weighted by Crippen LogP contribution is -2.35. The zero-order valence-electron chi connectivity index (χ0n) is 17.9. The third-order valence-electron chi connectivity index (χ3n) is 5.78. The van der Waals surface area contributed by atoms with Crippen LogP contribution in [0.25, 0.3) is 22.2 Å². The topological polar surface area (TPSA) is 83.1 Å². The molecular weight excluding hydrogens is 402 g/mol. The van der Waals surface area contributed by atoms with Gasteiger partial charge in [-0.3, -0.25) is 4.79 Å². The van der Waals surface area contributed by atoms with Crippen LogP contribution in [0.3, 0.4) is 0 Å². The molecule has 32 heavy (non-hydrogen) atoms. The van der Waals surface area contributed by atoms with Crippen molar-refractivity contribution in [2.75, 3.05) is 25.5 Å². The molecule has 1 fully saturated rings. The molecule has 0 spiro atoms. The minimum Gasteiger partial charge on any atom is -0.490 e. The Morgan fingerprint density at radius 3 is 2.56 bits per heavy atom. The van der Waals surface area contributed by atoms with Crippen LogP contribution in [-0.2, 0) is 0 Å². The molecule has 7 heteroatoms. The van der Waals surface area contributed by atoms with Crippen molar-refractivity contribution in [2.45, 2.75) is 18.9 Å². The molecule has 1 aliphatic heterocycles. The summed E-state index contributed by atoms with van der Waals surface area (Å²) in [5.41, 5.74) is 2.89. The molecule has 1 saturated heterocycles. The number of rotatable bonds is 5. The monoisotopic (exact) mass is 427 g/mol. The Labute approximate surface area is 186 Å². The Hall–Kier alpha value is -3.71. The third-order valence-corrected chi connectivity index (χ3v) is 5.78. The van der Waals surface area contributed by atoms with Crippen molar-refractivity contribution in [3.05, 3.63) is 77.3 Å². The lowest BCUT2D eigenvalue weighted by Gasteiger charge is -2.29. The van der Waals surface area contributed by atoms with Gasteiger partial charge in [-0.05, 0) is 50.2 Å². The molecule has 0 bridgehead atoms. The number of ether oxygens (including phenoxy) is 1. The predicted molar refractivity (Wildman–Crippen MR) is 126 cm³/mol. The first kappa shape index (κ1) is 20.2. The number of anilines is 2. The molecule has 162 valence electrons. The molecule has 2 aromatic heterocycles. The van der Waals surface area contributed by atoms with Crippen LogP contribution in [0.1, 0.15) is 12.8 Å². The Morgan fingerprint density at radius 1 is 1.06 bits per heavy atom. The number of pyridine rings is 1. The predicted octanol–water partition coefficient (Wildman–Crippen LogP) is 4.20. The summed E-state index contributed by atoms with van der Waals surface area (Å²) in [7, 11) is 2.14. The Morgan fingerprint density at radius 2 is 1.81 bits per heavy atom. The Bertz CT molecular complexity index is 1260. The molecule has 2 aromatic carbocycles. The SMILES string of the molecule is CN1CCC(Oc2ccc(Nc3nc(-c4ccccc4)cc4nc[nH]c(=O)c34)cc2)CC1. The van der Waals surface area contributed by atoms with E-state index in [1.165, 1.54) is 6.33 Å². The van der Waals surface area contributed by atoms with Gasteiger partial charge in [0.05, 0.1) is 17.5 Å². The molecule has 0 atom stereocenters. The van der Waals surface area contributed by atoms with Gasteiger partial charge >= 0.3 is 0 Å². The lowest BCUT2D eigenvalue weighted by atomic mass is 10.1. The highest BCUT2D eigenvalue weighted by Gasteiger charge is 2.18. The van der Waals surface area contributed by atoms with E-state index in [1.54, 1.807) is 0 Å². The summed E-state index contributed by atoms with van der Waals surface area (Å²) in [6.07, 6.45) is 3.74. The van der Waals surface area contributed by atoms with Crippen LogP contribution in [0.4, 0.5) is 11.5 Å². The van der Waals surface area contributed by atoms with Crippen LogP contribution < -0.4 is 15.6 Å². The van der Waals surface area contributed by atoms with Crippen molar-refractivity contribution in [3.8, 4) is 17.0 Å². The molecule has 0 amide bonds. The highest BCUT2D eigenvalue weighted by atomic mass is 16.5. The summed E-state index contributed by atoms with van der Waals surface area (Å²) >= 11 is 0. The van der Waals surface area contributed by atoms with Gasteiger partial charge in [-0.2, -0.15) is 0 Å². The molecule has 0 aliphatic carbocycles. The van der Waals surface area contributed by atoms with E-state index in [4.69, 9.17) is 9.72 Å². The fraction of sp³-hybridized carbons (Fsp3) is 0.240. The number of fused-ring (bicyclic) bond motifs is 1. The standard InChI is InChI=1S/C25H25N5O2/c1-30-13-11-20(12-14-30)32-19-9-7-18(8-10-19)28-24-23-22(26-16-27-25(23)31)15-21(29-24)17-5-3-2-4-6-17/h2-10,15-16,20H,11-14H2,1H3,(H,28,29)(H,26,27,31). The van der Waals surface area contributed by atoms with Gasteiger partial charge in [-0.1, -0.05) is 30.3 Å². The number of hydrogen-bond donors (Lipinski definition) is 2. The first-order valence-electron chi connectivity index (χ1n) is 10.8. The third kappa shape index (κ3) is 4.33. The van der Waals surface area contributed by atoms with E-state index < -0.39 is 0 Å².